The van der Waals surface area contributed by atoms with Crippen LogP contribution in [-0.4, -0.2) is 30.1 Å². The van der Waals surface area contributed by atoms with Gasteiger partial charge in [0.2, 0.25) is 0 Å². The molecule has 0 aliphatic heterocycles. The fraction of sp³-hybridized carbons (Fsp3) is 0.357. The Balaban J connectivity index is 1.70. The van der Waals surface area contributed by atoms with E-state index in [2.05, 4.69) is 31.2 Å². The normalized spacial score (nSPS) is 11.1. The van der Waals surface area contributed by atoms with Gasteiger partial charge in [-0.1, -0.05) is 11.8 Å². The fourth-order valence-corrected chi connectivity index (χ4v) is 3.08. The molecule has 3 aromatic rings. The molecular formula is C14H17N5OS. The van der Waals surface area contributed by atoms with E-state index in [1.54, 1.807) is 18.0 Å². The van der Waals surface area contributed by atoms with Crippen molar-refractivity contribution in [3.63, 3.8) is 0 Å². The van der Waals surface area contributed by atoms with Gasteiger partial charge < -0.3 is 8.98 Å². The van der Waals surface area contributed by atoms with Gasteiger partial charge in [-0.05, 0) is 26.0 Å². The molecule has 0 bridgehead atoms. The van der Waals surface area contributed by atoms with E-state index in [0.29, 0.717) is 0 Å². The zero-order valence-corrected chi connectivity index (χ0v) is 12.9. The highest BCUT2D eigenvalue weighted by atomic mass is 32.2. The van der Waals surface area contributed by atoms with Gasteiger partial charge in [0, 0.05) is 31.2 Å². The number of rotatable bonds is 6. The van der Waals surface area contributed by atoms with Crippen molar-refractivity contribution < 1.29 is 4.42 Å². The molecule has 0 saturated carbocycles. The van der Waals surface area contributed by atoms with E-state index in [4.69, 9.17) is 4.42 Å². The third-order valence-electron chi connectivity index (χ3n) is 3.26. The van der Waals surface area contributed by atoms with Crippen LogP contribution < -0.4 is 0 Å². The van der Waals surface area contributed by atoms with Crippen molar-refractivity contribution >= 4 is 11.8 Å². The lowest BCUT2D eigenvalue weighted by Gasteiger charge is -2.07. The molecule has 0 aromatic carbocycles. The van der Waals surface area contributed by atoms with Crippen LogP contribution in [0.1, 0.15) is 12.7 Å². The molecule has 110 valence electrons. The summed E-state index contributed by atoms with van der Waals surface area (Å²) in [6.07, 6.45) is 5.47. The summed E-state index contributed by atoms with van der Waals surface area (Å²) in [5, 5.41) is 9.44. The summed E-state index contributed by atoms with van der Waals surface area (Å²) in [4.78, 5) is 4.22. The van der Waals surface area contributed by atoms with Crippen LogP contribution in [0.4, 0.5) is 0 Å². The fourth-order valence-electron chi connectivity index (χ4n) is 2.14. The molecule has 0 radical (unpaired) electrons. The molecule has 6 nitrogen and oxygen atoms in total. The van der Waals surface area contributed by atoms with Crippen molar-refractivity contribution in [3.8, 4) is 11.6 Å². The third kappa shape index (κ3) is 2.87. The monoisotopic (exact) mass is 303 g/mol. The predicted molar refractivity (Wildman–Crippen MR) is 81.1 cm³/mol. The molecule has 3 heterocycles. The van der Waals surface area contributed by atoms with Gasteiger partial charge in [-0.3, -0.25) is 4.57 Å². The van der Waals surface area contributed by atoms with Crippen LogP contribution in [0.5, 0.6) is 0 Å². The van der Waals surface area contributed by atoms with E-state index >= 15 is 0 Å². The standard InChI is InChI=1S/C14H17N5OS/c1-3-19-13(12-5-4-9-20-12)16-17-14(19)21-10-8-18-7-6-15-11(18)2/h4-7,9H,3,8,10H2,1-2H3. The maximum absolute atomic E-state index is 5.41. The van der Waals surface area contributed by atoms with Crippen LogP contribution in [0.15, 0.2) is 40.4 Å². The first-order valence-electron chi connectivity index (χ1n) is 6.87. The highest BCUT2D eigenvalue weighted by molar-refractivity contribution is 7.99. The second kappa shape index (κ2) is 6.17. The molecule has 21 heavy (non-hydrogen) atoms. The molecule has 0 fully saturated rings. The summed E-state index contributed by atoms with van der Waals surface area (Å²) in [6, 6.07) is 3.76. The topological polar surface area (TPSA) is 61.7 Å². The lowest BCUT2D eigenvalue weighted by atomic mass is 10.4. The van der Waals surface area contributed by atoms with E-state index in [1.165, 1.54) is 0 Å². The summed E-state index contributed by atoms with van der Waals surface area (Å²) < 4.78 is 9.62. The second-order valence-electron chi connectivity index (χ2n) is 4.54. The van der Waals surface area contributed by atoms with Crippen LogP contribution in [0.3, 0.4) is 0 Å². The second-order valence-corrected chi connectivity index (χ2v) is 5.61. The summed E-state index contributed by atoms with van der Waals surface area (Å²) in [7, 11) is 0. The lowest BCUT2D eigenvalue weighted by Crippen LogP contribution is -2.04. The molecule has 3 rings (SSSR count). The number of hydrogen-bond donors (Lipinski definition) is 0. The molecule has 0 spiro atoms. The highest BCUT2D eigenvalue weighted by Gasteiger charge is 2.14. The number of hydrogen-bond acceptors (Lipinski definition) is 5. The maximum Gasteiger partial charge on any atom is 0.200 e. The predicted octanol–water partition coefficient (Wildman–Crippen LogP) is 2.86. The first-order chi connectivity index (χ1) is 10.3. The Morgan fingerprint density at radius 1 is 1.33 bits per heavy atom. The third-order valence-corrected chi connectivity index (χ3v) is 4.21. The molecule has 0 N–H and O–H groups in total. The van der Waals surface area contributed by atoms with Crippen LogP contribution in [0.2, 0.25) is 0 Å². The van der Waals surface area contributed by atoms with Crippen molar-refractivity contribution in [2.75, 3.05) is 5.75 Å². The Hall–Kier alpha value is -2.02. The number of furan rings is 1. The zero-order chi connectivity index (χ0) is 14.7. The van der Waals surface area contributed by atoms with Gasteiger partial charge in [0.15, 0.2) is 16.7 Å². The van der Waals surface area contributed by atoms with E-state index < -0.39 is 0 Å². The van der Waals surface area contributed by atoms with E-state index in [-0.39, 0.29) is 0 Å². The summed E-state index contributed by atoms with van der Waals surface area (Å²) >= 11 is 1.70. The highest BCUT2D eigenvalue weighted by Crippen LogP contribution is 2.24. The van der Waals surface area contributed by atoms with Crippen LogP contribution in [0.25, 0.3) is 11.6 Å². The largest absolute Gasteiger partial charge is 0.461 e. The van der Waals surface area contributed by atoms with Crippen molar-refractivity contribution in [1.29, 1.82) is 0 Å². The number of aromatic nitrogens is 5. The van der Waals surface area contributed by atoms with Gasteiger partial charge in [0.25, 0.3) is 0 Å². The Morgan fingerprint density at radius 3 is 2.90 bits per heavy atom. The molecule has 0 amide bonds. The molecular weight excluding hydrogens is 286 g/mol. The van der Waals surface area contributed by atoms with Crippen molar-refractivity contribution in [1.82, 2.24) is 24.3 Å². The van der Waals surface area contributed by atoms with Gasteiger partial charge in [-0.25, -0.2) is 4.98 Å². The quantitative estimate of drug-likeness (QED) is 0.655. The van der Waals surface area contributed by atoms with Gasteiger partial charge in [0.05, 0.1) is 6.26 Å². The SMILES string of the molecule is CCn1c(SCCn2ccnc2C)nnc1-c1ccco1. The van der Waals surface area contributed by atoms with Gasteiger partial charge in [-0.15, -0.1) is 10.2 Å². The Bertz CT molecular complexity index is 701. The lowest BCUT2D eigenvalue weighted by molar-refractivity contribution is 0.567. The molecule has 7 heteroatoms. The first kappa shape index (κ1) is 13.9. The minimum atomic E-state index is 0.752. The van der Waals surface area contributed by atoms with Crippen molar-refractivity contribution in [3.05, 3.63) is 36.6 Å². The number of thioether (sulfide) groups is 1. The van der Waals surface area contributed by atoms with Crippen LogP contribution in [-0.2, 0) is 13.1 Å². The molecule has 0 unspecified atom stereocenters. The maximum atomic E-state index is 5.41. The number of imidazole rings is 1. The average molecular weight is 303 g/mol. The Labute approximate surface area is 127 Å². The number of nitrogens with zero attached hydrogens (tertiary/aromatic N) is 5. The zero-order valence-electron chi connectivity index (χ0n) is 12.1. The molecule has 3 aromatic heterocycles. The minimum Gasteiger partial charge on any atom is -0.461 e. The van der Waals surface area contributed by atoms with Gasteiger partial charge in [0.1, 0.15) is 5.82 Å². The van der Waals surface area contributed by atoms with E-state index in [9.17, 15) is 0 Å². The minimum absolute atomic E-state index is 0.752. The van der Waals surface area contributed by atoms with Crippen LogP contribution >= 0.6 is 11.8 Å². The smallest absolute Gasteiger partial charge is 0.200 e. The van der Waals surface area contributed by atoms with Crippen molar-refractivity contribution in [2.45, 2.75) is 32.1 Å². The van der Waals surface area contributed by atoms with Crippen molar-refractivity contribution in [2.24, 2.45) is 0 Å². The van der Waals surface area contributed by atoms with E-state index in [0.717, 1.165) is 41.4 Å². The molecule has 0 atom stereocenters. The average Bonchev–Trinajstić information content (AvgIpc) is 3.20. The molecule has 0 saturated heterocycles. The van der Waals surface area contributed by atoms with E-state index in [1.807, 2.05) is 31.5 Å². The molecule has 0 aliphatic carbocycles. The summed E-state index contributed by atoms with van der Waals surface area (Å²) in [5.74, 6) is 3.49. The first-order valence-corrected chi connectivity index (χ1v) is 7.85. The summed E-state index contributed by atoms with van der Waals surface area (Å²) in [6.45, 7) is 5.81. The summed E-state index contributed by atoms with van der Waals surface area (Å²) in [5.41, 5.74) is 0. The Morgan fingerprint density at radius 2 is 2.24 bits per heavy atom. The van der Waals surface area contributed by atoms with Gasteiger partial charge in [-0.2, -0.15) is 0 Å². The number of aryl methyl sites for hydroxylation is 2. The van der Waals surface area contributed by atoms with Crippen LogP contribution in [0, 0.1) is 6.92 Å². The van der Waals surface area contributed by atoms with Gasteiger partial charge >= 0.3 is 0 Å². The molecule has 0 aliphatic rings. The Kier molecular flexibility index (Phi) is 4.10.